The highest BCUT2D eigenvalue weighted by atomic mass is 32.2. The summed E-state index contributed by atoms with van der Waals surface area (Å²) in [6.07, 6.45) is 10.6. The van der Waals surface area contributed by atoms with Crippen LogP contribution in [0.4, 0.5) is 0 Å². The Labute approximate surface area is 158 Å². The van der Waals surface area contributed by atoms with Gasteiger partial charge < -0.3 is 0 Å². The molecular weight excluding hydrogens is 342 g/mol. The lowest BCUT2D eigenvalue weighted by atomic mass is 9.74. The number of nitrogens with zero attached hydrogens (tertiary/aromatic N) is 1. The van der Waals surface area contributed by atoms with Crippen molar-refractivity contribution in [2.75, 3.05) is 0 Å². The van der Waals surface area contributed by atoms with Crippen molar-refractivity contribution >= 4 is 23.3 Å². The molecule has 1 aromatic heterocycles. The summed E-state index contributed by atoms with van der Waals surface area (Å²) >= 11 is 1.42. The minimum atomic E-state index is 0.142. The average molecular weight is 365 g/mol. The van der Waals surface area contributed by atoms with Crippen LogP contribution < -0.4 is 0 Å². The molecule has 1 heterocycles. The molecule has 3 nitrogen and oxygen atoms in total. The first kappa shape index (κ1) is 16.5. The molecule has 1 aromatic rings. The molecule has 0 radical (unpaired) electrons. The van der Waals surface area contributed by atoms with Gasteiger partial charge in [-0.05, 0) is 62.0 Å². The molecule has 2 unspecified atom stereocenters. The molecule has 4 aliphatic rings. The van der Waals surface area contributed by atoms with Crippen molar-refractivity contribution in [2.45, 2.75) is 56.4 Å². The van der Waals surface area contributed by atoms with E-state index in [1.165, 1.54) is 18.2 Å². The van der Waals surface area contributed by atoms with Gasteiger partial charge in [-0.25, -0.2) is 4.98 Å². The van der Waals surface area contributed by atoms with E-state index in [9.17, 15) is 9.59 Å². The molecule has 0 spiro atoms. The van der Waals surface area contributed by atoms with Gasteiger partial charge >= 0.3 is 0 Å². The van der Waals surface area contributed by atoms with Crippen LogP contribution in [0, 0.1) is 17.8 Å². The second-order valence-corrected chi connectivity index (χ2v) is 9.07. The number of fused-ring (bicyclic) bond motifs is 4. The van der Waals surface area contributed by atoms with Gasteiger partial charge in [-0.3, -0.25) is 9.59 Å². The number of carbonyl (C=O) groups is 2. The fourth-order valence-corrected chi connectivity index (χ4v) is 6.47. The van der Waals surface area contributed by atoms with Crippen LogP contribution in [0.3, 0.4) is 0 Å². The number of aromatic nitrogens is 1. The molecule has 2 bridgehead atoms. The third-order valence-corrected chi connectivity index (χ3v) is 7.64. The first-order chi connectivity index (χ1) is 12.7. The van der Waals surface area contributed by atoms with E-state index in [1.807, 2.05) is 18.2 Å². The number of ketones is 2. The minimum Gasteiger partial charge on any atom is -0.289 e. The molecule has 0 amide bonds. The first-order valence-electron chi connectivity index (χ1n) is 9.90. The minimum absolute atomic E-state index is 0.142. The number of pyridine rings is 1. The highest BCUT2D eigenvalue weighted by Crippen LogP contribution is 2.55. The van der Waals surface area contributed by atoms with Crippen LogP contribution in [0.5, 0.6) is 0 Å². The molecule has 5 rings (SSSR count). The molecule has 134 valence electrons. The van der Waals surface area contributed by atoms with Crippen molar-refractivity contribution in [1.29, 1.82) is 0 Å². The number of carbonyl (C=O) groups excluding carboxylic acids is 2. The van der Waals surface area contributed by atoms with E-state index in [4.69, 9.17) is 0 Å². The predicted molar refractivity (Wildman–Crippen MR) is 102 cm³/mol. The lowest BCUT2D eigenvalue weighted by molar-refractivity contribution is -0.117. The van der Waals surface area contributed by atoms with Gasteiger partial charge in [0.1, 0.15) is 5.03 Å². The molecule has 0 aliphatic heterocycles. The van der Waals surface area contributed by atoms with Crippen LogP contribution in [-0.2, 0) is 9.59 Å². The maximum atomic E-state index is 13.5. The average Bonchev–Trinajstić information content (AvgIpc) is 3.29. The van der Waals surface area contributed by atoms with Crippen LogP contribution in [0.15, 0.2) is 51.0 Å². The molecule has 2 atom stereocenters. The summed E-state index contributed by atoms with van der Waals surface area (Å²) < 4.78 is 0. The summed E-state index contributed by atoms with van der Waals surface area (Å²) in [5.41, 5.74) is 2.60. The second kappa shape index (κ2) is 6.49. The Hall–Kier alpha value is -1.68. The Bertz CT molecular complexity index is 833. The number of Topliss-reactive ketones (excluding diaryl/α,β-unsaturated/α-hetero) is 2. The van der Waals surface area contributed by atoms with Gasteiger partial charge in [0.15, 0.2) is 11.6 Å². The molecule has 4 aliphatic carbocycles. The third-order valence-electron chi connectivity index (χ3n) is 6.58. The summed E-state index contributed by atoms with van der Waals surface area (Å²) in [6, 6.07) is 5.75. The van der Waals surface area contributed by atoms with Crippen molar-refractivity contribution in [3.05, 3.63) is 46.0 Å². The zero-order valence-electron chi connectivity index (χ0n) is 14.9. The van der Waals surface area contributed by atoms with Gasteiger partial charge in [0.2, 0.25) is 0 Å². The maximum absolute atomic E-state index is 13.5. The zero-order chi connectivity index (χ0) is 17.7. The van der Waals surface area contributed by atoms with E-state index in [0.717, 1.165) is 66.7 Å². The Balaban J connectivity index is 1.60. The molecule has 0 N–H and O–H groups in total. The molecule has 2 saturated carbocycles. The second-order valence-electron chi connectivity index (χ2n) is 8.04. The van der Waals surface area contributed by atoms with Gasteiger partial charge in [-0.1, -0.05) is 37.1 Å². The summed E-state index contributed by atoms with van der Waals surface area (Å²) in [7, 11) is 0. The van der Waals surface area contributed by atoms with E-state index in [2.05, 4.69) is 4.98 Å². The van der Waals surface area contributed by atoms with E-state index < -0.39 is 0 Å². The molecule has 0 saturated heterocycles. The van der Waals surface area contributed by atoms with E-state index in [1.54, 1.807) is 6.20 Å². The van der Waals surface area contributed by atoms with Gasteiger partial charge in [-0.2, -0.15) is 0 Å². The van der Waals surface area contributed by atoms with Gasteiger partial charge in [0.05, 0.1) is 4.91 Å². The molecule has 2 fully saturated rings. The summed E-state index contributed by atoms with van der Waals surface area (Å²) in [5.74, 6) is 1.25. The van der Waals surface area contributed by atoms with Crippen molar-refractivity contribution in [2.24, 2.45) is 17.8 Å². The number of thioether (sulfide) groups is 1. The van der Waals surface area contributed by atoms with Crippen LogP contribution in [0.25, 0.3) is 0 Å². The Morgan fingerprint density at radius 2 is 1.54 bits per heavy atom. The van der Waals surface area contributed by atoms with Crippen LogP contribution in [0.2, 0.25) is 0 Å². The molecule has 0 aromatic carbocycles. The Morgan fingerprint density at radius 1 is 0.808 bits per heavy atom. The molecule has 26 heavy (non-hydrogen) atoms. The van der Waals surface area contributed by atoms with Crippen molar-refractivity contribution in [3.63, 3.8) is 0 Å². The topological polar surface area (TPSA) is 47.0 Å². The van der Waals surface area contributed by atoms with Crippen molar-refractivity contribution in [3.8, 4) is 0 Å². The summed E-state index contributed by atoms with van der Waals surface area (Å²) in [6.45, 7) is 0. The fourth-order valence-electron chi connectivity index (χ4n) is 5.43. The molecular formula is C22H23NO2S. The SMILES string of the molecule is O=C1C(Sc2ccccn2)=C(C2CCCCC2)C(=O)C2=C1C1CCC2C1. The van der Waals surface area contributed by atoms with E-state index in [-0.39, 0.29) is 17.5 Å². The third kappa shape index (κ3) is 2.53. The zero-order valence-corrected chi connectivity index (χ0v) is 15.7. The Kier molecular flexibility index (Phi) is 4.11. The van der Waals surface area contributed by atoms with Gasteiger partial charge in [0.25, 0.3) is 0 Å². The number of allylic oxidation sites excluding steroid dienone is 4. The largest absolute Gasteiger partial charge is 0.289 e. The summed E-state index contributed by atoms with van der Waals surface area (Å²) in [5, 5.41) is 0.809. The predicted octanol–water partition coefficient (Wildman–Crippen LogP) is 4.89. The molecule has 4 heteroatoms. The van der Waals surface area contributed by atoms with Crippen LogP contribution >= 0.6 is 11.8 Å². The number of rotatable bonds is 3. The lowest BCUT2D eigenvalue weighted by Gasteiger charge is -2.31. The van der Waals surface area contributed by atoms with Crippen molar-refractivity contribution < 1.29 is 9.59 Å². The smallest absolute Gasteiger partial charge is 0.196 e. The Morgan fingerprint density at radius 3 is 2.23 bits per heavy atom. The fraction of sp³-hybridized carbons (Fsp3) is 0.500. The first-order valence-corrected chi connectivity index (χ1v) is 10.7. The standard InChI is InChI=1S/C22H23NO2S/c24-20-17-14-9-10-15(12-14)18(17)21(25)22(26-16-8-4-5-11-23-16)19(20)13-6-2-1-3-7-13/h4-5,8,11,13-15H,1-3,6-7,9-10,12H2. The maximum Gasteiger partial charge on any atom is 0.196 e. The normalized spacial score (nSPS) is 28.9. The summed E-state index contributed by atoms with van der Waals surface area (Å²) in [4.78, 5) is 32.1. The number of hydrogen-bond acceptors (Lipinski definition) is 4. The number of hydrogen-bond donors (Lipinski definition) is 0. The lowest BCUT2D eigenvalue weighted by Crippen LogP contribution is -2.30. The quantitative estimate of drug-likeness (QED) is 0.716. The van der Waals surface area contributed by atoms with Crippen molar-refractivity contribution in [1.82, 2.24) is 4.98 Å². The van der Waals surface area contributed by atoms with Crippen LogP contribution in [-0.4, -0.2) is 16.6 Å². The van der Waals surface area contributed by atoms with E-state index in [0.29, 0.717) is 16.7 Å². The highest BCUT2D eigenvalue weighted by molar-refractivity contribution is 8.04. The highest BCUT2D eigenvalue weighted by Gasteiger charge is 2.50. The van der Waals surface area contributed by atoms with Gasteiger partial charge in [-0.15, -0.1) is 0 Å². The monoisotopic (exact) mass is 365 g/mol. The van der Waals surface area contributed by atoms with Crippen LogP contribution in [0.1, 0.15) is 51.4 Å². The van der Waals surface area contributed by atoms with Gasteiger partial charge in [0, 0.05) is 22.9 Å². The van der Waals surface area contributed by atoms with E-state index >= 15 is 0 Å².